The van der Waals surface area contributed by atoms with Gasteiger partial charge in [0.05, 0.1) is 24.1 Å². The molecule has 6 nitrogen and oxygen atoms in total. The quantitative estimate of drug-likeness (QED) is 0.487. The van der Waals surface area contributed by atoms with Gasteiger partial charge in [0.1, 0.15) is 0 Å². The highest BCUT2D eigenvalue weighted by Crippen LogP contribution is 2.23. The van der Waals surface area contributed by atoms with Gasteiger partial charge in [-0.3, -0.25) is 0 Å². The summed E-state index contributed by atoms with van der Waals surface area (Å²) >= 11 is 0. The van der Waals surface area contributed by atoms with Gasteiger partial charge in [-0.25, -0.2) is 0 Å². The minimum absolute atomic E-state index is 0.0506. The smallest absolute Gasteiger partial charge is 0.233 e. The molecule has 0 N–H and O–H groups in total. The first-order valence-corrected chi connectivity index (χ1v) is 7.67. The first-order chi connectivity index (χ1) is 10.3. The molecule has 0 saturated carbocycles. The zero-order valence-electron chi connectivity index (χ0n) is 14.1. The van der Waals surface area contributed by atoms with Crippen molar-refractivity contribution in [2.45, 2.75) is 45.8 Å². The van der Waals surface area contributed by atoms with Crippen molar-refractivity contribution >= 4 is 5.69 Å². The molecule has 1 aliphatic rings. The van der Waals surface area contributed by atoms with Crippen LogP contribution in [0.2, 0.25) is 0 Å². The van der Waals surface area contributed by atoms with Gasteiger partial charge >= 0.3 is 0 Å². The van der Waals surface area contributed by atoms with E-state index in [1.54, 1.807) is 7.05 Å². The van der Waals surface area contributed by atoms with E-state index in [9.17, 15) is 5.21 Å². The summed E-state index contributed by atoms with van der Waals surface area (Å²) in [4.78, 5) is 8.20. The number of aryl methyl sites for hydroxylation is 1. The third-order valence-corrected chi connectivity index (χ3v) is 4.01. The van der Waals surface area contributed by atoms with Crippen molar-refractivity contribution in [1.82, 2.24) is 5.01 Å². The molecule has 22 heavy (non-hydrogen) atoms. The zero-order chi connectivity index (χ0) is 16.3. The third kappa shape index (κ3) is 4.02. The molecule has 6 heteroatoms. The van der Waals surface area contributed by atoms with Crippen LogP contribution in [0.25, 0.3) is 0 Å². The van der Waals surface area contributed by atoms with Crippen molar-refractivity contribution in [3.05, 3.63) is 35.0 Å². The number of benzene rings is 1. The minimum atomic E-state index is -0.294. The first-order valence-electron chi connectivity index (χ1n) is 7.67. The van der Waals surface area contributed by atoms with E-state index >= 15 is 0 Å². The minimum Gasteiger partial charge on any atom is -0.569 e. The van der Waals surface area contributed by atoms with Gasteiger partial charge in [-0.1, -0.05) is 12.1 Å². The van der Waals surface area contributed by atoms with E-state index in [2.05, 4.69) is 41.4 Å². The molecule has 0 unspecified atom stereocenters. The fraction of sp³-hybridized carbons (Fsp3) is 0.625. The van der Waals surface area contributed by atoms with Gasteiger partial charge in [0.2, 0.25) is 5.28 Å². The van der Waals surface area contributed by atoms with Crippen LogP contribution in [-0.4, -0.2) is 41.8 Å². The molecule has 1 fully saturated rings. The molecule has 1 heterocycles. The lowest BCUT2D eigenvalue weighted by Gasteiger charge is -2.26. The average Bonchev–Trinajstić information content (AvgIpc) is 2.92. The van der Waals surface area contributed by atoms with Crippen molar-refractivity contribution in [1.29, 1.82) is 0 Å². The maximum absolute atomic E-state index is 11.9. The lowest BCUT2D eigenvalue weighted by Crippen LogP contribution is -2.42. The Morgan fingerprint density at radius 1 is 1.41 bits per heavy atom. The molecular formula is C16H26N4O2. The van der Waals surface area contributed by atoms with Gasteiger partial charge in [-0.15, -0.1) is 5.01 Å². The van der Waals surface area contributed by atoms with Crippen LogP contribution in [-0.2, 0) is 4.84 Å². The van der Waals surface area contributed by atoms with E-state index < -0.39 is 0 Å². The Labute approximate surface area is 132 Å². The molecule has 1 aromatic rings. The summed E-state index contributed by atoms with van der Waals surface area (Å²) in [5, 5.41) is 17.1. The van der Waals surface area contributed by atoms with Crippen LogP contribution in [0.15, 0.2) is 29.5 Å². The number of hydrogen-bond acceptors (Lipinski definition) is 4. The van der Waals surface area contributed by atoms with E-state index in [4.69, 9.17) is 4.84 Å². The average molecular weight is 306 g/mol. The van der Waals surface area contributed by atoms with Crippen LogP contribution >= 0.6 is 0 Å². The summed E-state index contributed by atoms with van der Waals surface area (Å²) in [6, 6.07) is 8.40. The molecule has 1 aliphatic heterocycles. The second-order valence-electron chi connectivity index (χ2n) is 6.83. The first kappa shape index (κ1) is 16.4. The number of anilines is 1. The van der Waals surface area contributed by atoms with E-state index in [0.717, 1.165) is 19.5 Å². The molecule has 2 rings (SSSR count). The molecule has 0 aliphatic carbocycles. The highest BCUT2D eigenvalue weighted by Gasteiger charge is 2.27. The molecule has 1 atom stereocenters. The summed E-state index contributed by atoms with van der Waals surface area (Å²) < 4.78 is 0. The molecule has 1 saturated heterocycles. The maximum Gasteiger partial charge on any atom is 0.233 e. The molecule has 0 amide bonds. The SMILES string of the molecule is Cc1cccc(N2CC[C@@H](O/N=[N+](\[O-])N(C)C(C)(C)C)C2)c1. The van der Waals surface area contributed by atoms with Crippen LogP contribution in [0.1, 0.15) is 32.8 Å². The summed E-state index contributed by atoms with van der Waals surface area (Å²) in [5.41, 5.74) is 2.14. The van der Waals surface area contributed by atoms with Gasteiger partial charge in [-0.05, 0) is 45.4 Å². The monoisotopic (exact) mass is 306 g/mol. The Kier molecular flexibility index (Phi) is 4.78. The summed E-state index contributed by atoms with van der Waals surface area (Å²) in [5.74, 6) is 0. The van der Waals surface area contributed by atoms with Crippen LogP contribution in [0, 0.1) is 12.1 Å². The number of hydrogen-bond donors (Lipinski definition) is 0. The van der Waals surface area contributed by atoms with Crippen molar-refractivity contribution in [3.8, 4) is 0 Å². The van der Waals surface area contributed by atoms with Crippen molar-refractivity contribution in [2.75, 3.05) is 25.0 Å². The van der Waals surface area contributed by atoms with E-state index in [1.165, 1.54) is 16.3 Å². The van der Waals surface area contributed by atoms with Gasteiger partial charge in [0.15, 0.2) is 6.10 Å². The summed E-state index contributed by atoms with van der Waals surface area (Å²) in [6.45, 7) is 9.59. The second kappa shape index (κ2) is 6.42. The normalized spacial score (nSPS) is 19.4. The van der Waals surface area contributed by atoms with E-state index in [0.29, 0.717) is 4.97 Å². The maximum atomic E-state index is 11.9. The lowest BCUT2D eigenvalue weighted by molar-refractivity contribution is -0.720. The van der Waals surface area contributed by atoms with E-state index in [-0.39, 0.29) is 11.6 Å². The van der Waals surface area contributed by atoms with Gasteiger partial charge in [0.25, 0.3) is 0 Å². The molecule has 0 spiro atoms. The van der Waals surface area contributed by atoms with Crippen molar-refractivity contribution in [2.24, 2.45) is 5.28 Å². The third-order valence-electron chi connectivity index (χ3n) is 4.01. The second-order valence-corrected chi connectivity index (χ2v) is 6.83. The fourth-order valence-electron chi connectivity index (χ4n) is 2.29. The van der Waals surface area contributed by atoms with Gasteiger partial charge in [-0.2, -0.15) is 0 Å². The van der Waals surface area contributed by atoms with Gasteiger partial charge in [0, 0.05) is 18.7 Å². The predicted molar refractivity (Wildman–Crippen MR) is 86.5 cm³/mol. The Hall–Kier alpha value is -1.98. The van der Waals surface area contributed by atoms with Crippen LogP contribution in [0.4, 0.5) is 5.69 Å². The van der Waals surface area contributed by atoms with Crippen LogP contribution in [0.5, 0.6) is 0 Å². The number of hydrazine groups is 1. The zero-order valence-corrected chi connectivity index (χ0v) is 14.1. The highest BCUT2D eigenvalue weighted by molar-refractivity contribution is 5.49. The predicted octanol–water partition coefficient (Wildman–Crippen LogP) is 3.11. The summed E-state index contributed by atoms with van der Waals surface area (Å²) in [7, 11) is 1.70. The number of nitrogens with zero attached hydrogens (tertiary/aromatic N) is 4. The molecule has 122 valence electrons. The van der Waals surface area contributed by atoms with Crippen LogP contribution < -0.4 is 4.90 Å². The van der Waals surface area contributed by atoms with Crippen LogP contribution in [0.3, 0.4) is 0 Å². The fourth-order valence-corrected chi connectivity index (χ4v) is 2.29. The van der Waals surface area contributed by atoms with Crippen molar-refractivity contribution < 1.29 is 9.81 Å². The molecule has 0 bridgehead atoms. The van der Waals surface area contributed by atoms with Crippen molar-refractivity contribution in [3.63, 3.8) is 0 Å². The topological polar surface area (TPSA) is 54.1 Å². The molecule has 0 aromatic heterocycles. The lowest BCUT2D eigenvalue weighted by atomic mass is 10.1. The Balaban J connectivity index is 1.91. The highest BCUT2D eigenvalue weighted by atomic mass is 16.7. The molecule has 0 radical (unpaired) electrons. The number of rotatable bonds is 4. The van der Waals surface area contributed by atoms with Gasteiger partial charge < -0.3 is 14.9 Å². The largest absolute Gasteiger partial charge is 0.569 e. The Morgan fingerprint density at radius 2 is 2.14 bits per heavy atom. The Bertz CT molecular complexity index is 539. The standard InChI is InChI=1S/C16H26N4O2/c1-13-7-6-8-14(11-13)19-10-9-15(12-19)22-17-20(21)18(5)16(2,3)4/h6-8,11,15H,9-10,12H2,1-5H3/b20-17-/t15-/m1/s1. The van der Waals surface area contributed by atoms with E-state index in [1.807, 2.05) is 20.8 Å². The summed E-state index contributed by atoms with van der Waals surface area (Å²) in [6.07, 6.45) is 0.815. The molecule has 1 aromatic carbocycles. The Morgan fingerprint density at radius 3 is 2.77 bits per heavy atom. The molecular weight excluding hydrogens is 280 g/mol.